The summed E-state index contributed by atoms with van der Waals surface area (Å²) in [5.41, 5.74) is 1.74. The van der Waals surface area contributed by atoms with E-state index in [2.05, 4.69) is 10.2 Å². The van der Waals surface area contributed by atoms with E-state index in [-0.39, 0.29) is 11.2 Å². The predicted molar refractivity (Wildman–Crippen MR) is 117 cm³/mol. The molecule has 0 atom stereocenters. The van der Waals surface area contributed by atoms with Crippen LogP contribution in [0.3, 0.4) is 0 Å². The molecule has 4 rings (SSSR count). The van der Waals surface area contributed by atoms with Gasteiger partial charge in [-0.15, -0.1) is 10.2 Å². The molecule has 31 heavy (non-hydrogen) atoms. The molecule has 0 saturated carbocycles. The zero-order valence-corrected chi connectivity index (χ0v) is 17.7. The van der Waals surface area contributed by atoms with Gasteiger partial charge in [-0.05, 0) is 55.8 Å². The molecule has 8 heteroatoms. The molecule has 0 unspecified atom stereocenters. The Bertz CT molecular complexity index is 1240. The minimum Gasteiger partial charge on any atom is -0.497 e. The number of hydrogen-bond acceptors (Lipinski definition) is 6. The Morgan fingerprint density at radius 2 is 1.65 bits per heavy atom. The third-order valence-corrected chi connectivity index (χ3v) is 4.86. The maximum Gasteiger partial charge on any atom is 0.300 e. The van der Waals surface area contributed by atoms with E-state index in [1.807, 2.05) is 56.3 Å². The number of nitrogens with zero attached hydrogens (tertiary/aromatic N) is 4. The number of hydrogen-bond donors (Lipinski definition) is 0. The molecule has 0 N–H and O–H groups in total. The monoisotopic (exact) mass is 420 g/mol. The highest BCUT2D eigenvalue weighted by Crippen LogP contribution is 2.29. The summed E-state index contributed by atoms with van der Waals surface area (Å²) in [5, 5.41) is 8.39. The van der Waals surface area contributed by atoms with Crippen LogP contribution in [-0.2, 0) is 6.42 Å². The average Bonchev–Trinajstić information content (AvgIpc) is 3.20. The highest BCUT2D eigenvalue weighted by atomic mass is 16.5. The standard InChI is InChI=1S/C23H24N4O4/c1-4-30-19-11-6-16(14-20(19)31-5-2)15-21-24-25-22-23(28)26(12-13-27(21)22)17-7-9-18(29-3)10-8-17/h6-14H,4-5,15H2,1-3H3. The van der Waals surface area contributed by atoms with Crippen molar-refractivity contribution in [2.24, 2.45) is 0 Å². The van der Waals surface area contributed by atoms with E-state index < -0.39 is 0 Å². The average molecular weight is 420 g/mol. The fourth-order valence-corrected chi connectivity index (χ4v) is 3.39. The lowest BCUT2D eigenvalue weighted by Crippen LogP contribution is -2.20. The van der Waals surface area contributed by atoms with Gasteiger partial charge < -0.3 is 14.2 Å². The molecule has 0 amide bonds. The van der Waals surface area contributed by atoms with Gasteiger partial charge in [-0.1, -0.05) is 6.07 Å². The van der Waals surface area contributed by atoms with Crippen LogP contribution < -0.4 is 19.8 Å². The van der Waals surface area contributed by atoms with E-state index in [4.69, 9.17) is 14.2 Å². The first kappa shape index (κ1) is 20.5. The van der Waals surface area contributed by atoms with Gasteiger partial charge in [0.05, 0.1) is 20.3 Å². The van der Waals surface area contributed by atoms with Gasteiger partial charge in [-0.25, -0.2) is 0 Å². The fraction of sp³-hybridized carbons (Fsp3) is 0.261. The summed E-state index contributed by atoms with van der Waals surface area (Å²) < 4.78 is 19.8. The third kappa shape index (κ3) is 4.09. The van der Waals surface area contributed by atoms with Crippen molar-refractivity contribution in [1.82, 2.24) is 19.2 Å². The van der Waals surface area contributed by atoms with Gasteiger partial charge >= 0.3 is 5.56 Å². The molecule has 160 valence electrons. The van der Waals surface area contributed by atoms with Crippen LogP contribution in [0.25, 0.3) is 11.3 Å². The van der Waals surface area contributed by atoms with Crippen molar-refractivity contribution in [3.8, 4) is 22.9 Å². The smallest absolute Gasteiger partial charge is 0.300 e. The minimum absolute atomic E-state index is 0.242. The summed E-state index contributed by atoms with van der Waals surface area (Å²) in [6.07, 6.45) is 4.02. The number of methoxy groups -OCH3 is 1. The van der Waals surface area contributed by atoms with Crippen molar-refractivity contribution in [2.75, 3.05) is 20.3 Å². The molecule has 0 aliphatic rings. The number of rotatable bonds is 8. The Kier molecular flexibility index (Phi) is 5.88. The second kappa shape index (κ2) is 8.91. The van der Waals surface area contributed by atoms with Gasteiger partial charge in [0.15, 0.2) is 11.5 Å². The largest absolute Gasteiger partial charge is 0.497 e. The lowest BCUT2D eigenvalue weighted by Gasteiger charge is -2.12. The highest BCUT2D eigenvalue weighted by molar-refractivity contribution is 5.45. The number of ether oxygens (including phenoxy) is 3. The summed E-state index contributed by atoms with van der Waals surface area (Å²) in [6.45, 7) is 4.98. The van der Waals surface area contributed by atoms with E-state index in [1.165, 1.54) is 4.57 Å². The van der Waals surface area contributed by atoms with Crippen LogP contribution in [0.15, 0.2) is 59.7 Å². The molecular formula is C23H24N4O4. The summed E-state index contributed by atoms with van der Waals surface area (Å²) >= 11 is 0. The SMILES string of the molecule is CCOc1ccc(Cc2nnc3c(=O)n(-c4ccc(OC)cc4)ccn23)cc1OCC. The fourth-order valence-electron chi connectivity index (χ4n) is 3.39. The second-order valence-electron chi connectivity index (χ2n) is 6.81. The molecule has 4 aromatic rings. The topological polar surface area (TPSA) is 79.9 Å². The van der Waals surface area contributed by atoms with E-state index >= 15 is 0 Å². The maximum absolute atomic E-state index is 13.0. The summed E-state index contributed by atoms with van der Waals surface area (Å²) in [7, 11) is 1.60. The molecular weight excluding hydrogens is 396 g/mol. The molecule has 0 aliphatic carbocycles. The molecule has 2 aromatic carbocycles. The second-order valence-corrected chi connectivity index (χ2v) is 6.81. The summed E-state index contributed by atoms with van der Waals surface area (Å²) in [6, 6.07) is 13.1. The number of benzene rings is 2. The van der Waals surface area contributed by atoms with Gasteiger partial charge in [-0.3, -0.25) is 13.8 Å². The predicted octanol–water partition coefficient (Wildman–Crippen LogP) is 3.28. The lowest BCUT2D eigenvalue weighted by molar-refractivity contribution is 0.287. The van der Waals surface area contributed by atoms with E-state index in [9.17, 15) is 4.79 Å². The van der Waals surface area contributed by atoms with Gasteiger partial charge in [-0.2, -0.15) is 0 Å². The summed E-state index contributed by atoms with van der Waals surface area (Å²) in [5.74, 6) is 2.80. The minimum atomic E-state index is -0.242. The molecule has 0 aliphatic heterocycles. The Balaban J connectivity index is 1.66. The van der Waals surface area contributed by atoms with Crippen molar-refractivity contribution >= 4 is 5.65 Å². The van der Waals surface area contributed by atoms with Crippen LogP contribution in [0.1, 0.15) is 25.2 Å². The van der Waals surface area contributed by atoms with Crippen molar-refractivity contribution in [2.45, 2.75) is 20.3 Å². The zero-order chi connectivity index (χ0) is 21.8. The van der Waals surface area contributed by atoms with Gasteiger partial charge in [0.25, 0.3) is 0 Å². The van der Waals surface area contributed by atoms with Crippen molar-refractivity contribution in [3.63, 3.8) is 0 Å². The van der Waals surface area contributed by atoms with E-state index in [1.54, 1.807) is 23.9 Å². The zero-order valence-electron chi connectivity index (χ0n) is 17.7. The Hall–Kier alpha value is -3.81. The lowest BCUT2D eigenvalue weighted by atomic mass is 10.1. The number of fused-ring (bicyclic) bond motifs is 1. The Labute approximate surface area is 179 Å². The normalized spacial score (nSPS) is 10.9. The Morgan fingerprint density at radius 3 is 2.35 bits per heavy atom. The molecule has 2 aromatic heterocycles. The van der Waals surface area contributed by atoms with Crippen molar-refractivity contribution < 1.29 is 14.2 Å². The van der Waals surface area contributed by atoms with Crippen LogP contribution in [-0.4, -0.2) is 39.5 Å². The number of aromatic nitrogens is 4. The van der Waals surface area contributed by atoms with Crippen LogP contribution in [0.2, 0.25) is 0 Å². The molecule has 0 bridgehead atoms. The van der Waals surface area contributed by atoms with Crippen LogP contribution in [0.4, 0.5) is 0 Å². The highest BCUT2D eigenvalue weighted by Gasteiger charge is 2.14. The first-order valence-corrected chi connectivity index (χ1v) is 10.1. The molecule has 8 nitrogen and oxygen atoms in total. The van der Waals surface area contributed by atoms with Crippen molar-refractivity contribution in [1.29, 1.82) is 0 Å². The molecule has 0 radical (unpaired) electrons. The molecule has 0 saturated heterocycles. The van der Waals surface area contributed by atoms with E-state index in [0.717, 1.165) is 17.0 Å². The van der Waals surface area contributed by atoms with Crippen LogP contribution in [0, 0.1) is 0 Å². The Morgan fingerprint density at radius 1 is 0.903 bits per heavy atom. The van der Waals surface area contributed by atoms with Gasteiger partial charge in [0.2, 0.25) is 5.65 Å². The molecule has 0 fully saturated rings. The first-order valence-electron chi connectivity index (χ1n) is 10.1. The van der Waals surface area contributed by atoms with E-state index in [0.29, 0.717) is 37.0 Å². The van der Waals surface area contributed by atoms with Crippen LogP contribution >= 0.6 is 0 Å². The quantitative estimate of drug-likeness (QED) is 0.435. The van der Waals surface area contributed by atoms with Crippen LogP contribution in [0.5, 0.6) is 17.2 Å². The first-order chi connectivity index (χ1) is 15.1. The van der Waals surface area contributed by atoms with Crippen molar-refractivity contribution in [3.05, 3.63) is 76.6 Å². The van der Waals surface area contributed by atoms with Gasteiger partial charge in [0.1, 0.15) is 11.6 Å². The molecule has 0 spiro atoms. The molecule has 2 heterocycles. The third-order valence-electron chi connectivity index (χ3n) is 4.86. The van der Waals surface area contributed by atoms with Gasteiger partial charge in [0, 0.05) is 24.5 Å². The summed E-state index contributed by atoms with van der Waals surface area (Å²) in [4.78, 5) is 13.0. The maximum atomic E-state index is 13.0.